The number of methoxy groups -OCH3 is 1. The lowest BCUT2D eigenvalue weighted by molar-refractivity contribution is 0.0679. The SMILES string of the molecule is COc1cc(-n2cccc2)c(Cl)cc1C(=O)N1CCCC(C)C1. The molecule has 4 nitrogen and oxygen atoms in total. The molecule has 2 heterocycles. The zero-order chi connectivity index (χ0) is 16.4. The highest BCUT2D eigenvalue weighted by atomic mass is 35.5. The van der Waals surface area contributed by atoms with Crippen molar-refractivity contribution in [2.45, 2.75) is 19.8 Å². The number of amides is 1. The minimum absolute atomic E-state index is 0.00523. The molecule has 1 fully saturated rings. The number of hydrogen-bond donors (Lipinski definition) is 0. The van der Waals surface area contributed by atoms with Gasteiger partial charge in [0.25, 0.3) is 5.91 Å². The van der Waals surface area contributed by atoms with Crippen LogP contribution in [0.25, 0.3) is 5.69 Å². The molecule has 1 amide bonds. The Labute approximate surface area is 141 Å². The molecule has 0 bridgehead atoms. The first-order chi connectivity index (χ1) is 11.1. The van der Waals surface area contributed by atoms with Gasteiger partial charge in [-0.25, -0.2) is 0 Å². The van der Waals surface area contributed by atoms with E-state index in [4.69, 9.17) is 16.3 Å². The Balaban J connectivity index is 1.96. The fourth-order valence-corrected chi connectivity index (χ4v) is 3.38. The van der Waals surface area contributed by atoms with Gasteiger partial charge in [-0.3, -0.25) is 4.79 Å². The third-order valence-electron chi connectivity index (χ3n) is 4.33. The van der Waals surface area contributed by atoms with Crippen LogP contribution >= 0.6 is 11.6 Å². The summed E-state index contributed by atoms with van der Waals surface area (Å²) in [4.78, 5) is 14.8. The molecular formula is C18H21ClN2O2. The van der Waals surface area contributed by atoms with E-state index in [9.17, 15) is 4.79 Å². The predicted molar refractivity (Wildman–Crippen MR) is 91.6 cm³/mol. The molecule has 2 aromatic rings. The third kappa shape index (κ3) is 3.22. The molecule has 0 N–H and O–H groups in total. The lowest BCUT2D eigenvalue weighted by Gasteiger charge is -2.31. The van der Waals surface area contributed by atoms with Crippen molar-refractivity contribution < 1.29 is 9.53 Å². The second-order valence-corrected chi connectivity index (χ2v) is 6.50. The lowest BCUT2D eigenvalue weighted by Crippen LogP contribution is -2.39. The molecule has 0 spiro atoms. The van der Waals surface area contributed by atoms with Crippen molar-refractivity contribution in [3.05, 3.63) is 47.2 Å². The van der Waals surface area contributed by atoms with Crippen LogP contribution < -0.4 is 4.74 Å². The van der Waals surface area contributed by atoms with E-state index in [0.717, 1.165) is 25.2 Å². The molecule has 5 heteroatoms. The standard InChI is InChI=1S/C18H21ClN2O2/c1-13-6-5-9-21(12-13)18(22)14-10-15(19)16(11-17(14)23-2)20-7-3-4-8-20/h3-4,7-8,10-11,13H,5-6,9,12H2,1-2H3. The Morgan fingerprint density at radius 2 is 2.04 bits per heavy atom. The van der Waals surface area contributed by atoms with Gasteiger partial charge in [0.2, 0.25) is 0 Å². The van der Waals surface area contributed by atoms with Crippen LogP contribution in [0.15, 0.2) is 36.7 Å². The van der Waals surface area contributed by atoms with Crippen LogP contribution in [-0.2, 0) is 0 Å². The van der Waals surface area contributed by atoms with Gasteiger partial charge in [0.05, 0.1) is 23.4 Å². The zero-order valence-electron chi connectivity index (χ0n) is 13.5. The summed E-state index contributed by atoms with van der Waals surface area (Å²) in [5.74, 6) is 1.09. The van der Waals surface area contributed by atoms with E-state index < -0.39 is 0 Å². The first-order valence-corrected chi connectivity index (χ1v) is 8.28. The van der Waals surface area contributed by atoms with Crippen molar-refractivity contribution >= 4 is 17.5 Å². The molecule has 122 valence electrons. The highest BCUT2D eigenvalue weighted by Gasteiger charge is 2.25. The topological polar surface area (TPSA) is 34.5 Å². The maximum absolute atomic E-state index is 12.9. The van der Waals surface area contributed by atoms with E-state index in [1.54, 1.807) is 13.2 Å². The van der Waals surface area contributed by atoms with Gasteiger partial charge >= 0.3 is 0 Å². The monoisotopic (exact) mass is 332 g/mol. The van der Waals surface area contributed by atoms with Crippen molar-refractivity contribution in [1.82, 2.24) is 9.47 Å². The number of halogens is 1. The summed E-state index contributed by atoms with van der Waals surface area (Å²) in [6.07, 6.45) is 6.04. The Bertz CT molecular complexity index is 697. The quantitative estimate of drug-likeness (QED) is 0.851. The minimum Gasteiger partial charge on any atom is -0.496 e. The molecule has 1 aliphatic heterocycles. The average molecular weight is 333 g/mol. The normalized spacial score (nSPS) is 18.0. The molecule has 1 aromatic carbocycles. The van der Waals surface area contributed by atoms with Gasteiger partial charge in [-0.05, 0) is 37.0 Å². The summed E-state index contributed by atoms with van der Waals surface area (Å²) in [6.45, 7) is 3.76. The number of nitrogens with zero attached hydrogens (tertiary/aromatic N) is 2. The Morgan fingerprint density at radius 3 is 2.70 bits per heavy atom. The van der Waals surface area contributed by atoms with Gasteiger partial charge in [0.15, 0.2) is 0 Å². The van der Waals surface area contributed by atoms with Crippen molar-refractivity contribution in [2.24, 2.45) is 5.92 Å². The number of carbonyl (C=O) groups excluding carboxylic acids is 1. The maximum atomic E-state index is 12.9. The van der Waals surface area contributed by atoms with Crippen molar-refractivity contribution in [2.75, 3.05) is 20.2 Å². The molecule has 1 atom stereocenters. The highest BCUT2D eigenvalue weighted by molar-refractivity contribution is 6.33. The number of hydrogen-bond acceptors (Lipinski definition) is 2. The average Bonchev–Trinajstić information content (AvgIpc) is 3.08. The molecule has 3 rings (SSSR count). The summed E-state index contributed by atoms with van der Waals surface area (Å²) in [6, 6.07) is 7.40. The zero-order valence-corrected chi connectivity index (χ0v) is 14.2. The molecule has 1 aromatic heterocycles. The summed E-state index contributed by atoms with van der Waals surface area (Å²) in [5.41, 5.74) is 1.33. The number of ether oxygens (including phenoxy) is 1. The fraction of sp³-hybridized carbons (Fsp3) is 0.389. The summed E-state index contributed by atoms with van der Waals surface area (Å²) in [5, 5.41) is 0.537. The molecule has 0 aliphatic carbocycles. The summed E-state index contributed by atoms with van der Waals surface area (Å²) < 4.78 is 7.36. The molecule has 1 saturated heterocycles. The lowest BCUT2D eigenvalue weighted by atomic mass is 9.99. The highest BCUT2D eigenvalue weighted by Crippen LogP contribution is 2.31. The van der Waals surface area contributed by atoms with Crippen LogP contribution in [0.4, 0.5) is 0 Å². The van der Waals surface area contributed by atoms with E-state index in [1.165, 1.54) is 6.42 Å². The number of piperidine rings is 1. The van der Waals surface area contributed by atoms with Crippen LogP contribution in [0.3, 0.4) is 0 Å². The second kappa shape index (κ2) is 6.67. The molecule has 23 heavy (non-hydrogen) atoms. The van der Waals surface area contributed by atoms with Crippen LogP contribution in [0.5, 0.6) is 5.75 Å². The number of likely N-dealkylation sites (tertiary alicyclic amines) is 1. The number of benzene rings is 1. The Morgan fingerprint density at radius 1 is 1.30 bits per heavy atom. The number of carbonyl (C=O) groups is 1. The summed E-state index contributed by atoms with van der Waals surface area (Å²) in [7, 11) is 1.58. The maximum Gasteiger partial charge on any atom is 0.257 e. The van der Waals surface area contributed by atoms with Gasteiger partial charge in [0, 0.05) is 31.5 Å². The first kappa shape index (κ1) is 15.9. The van der Waals surface area contributed by atoms with E-state index in [-0.39, 0.29) is 5.91 Å². The van der Waals surface area contributed by atoms with E-state index in [0.29, 0.717) is 22.3 Å². The Kier molecular flexibility index (Phi) is 4.62. The van der Waals surface area contributed by atoms with Gasteiger partial charge < -0.3 is 14.2 Å². The molecular weight excluding hydrogens is 312 g/mol. The fourth-order valence-electron chi connectivity index (χ4n) is 3.12. The van der Waals surface area contributed by atoms with Crippen LogP contribution in [0, 0.1) is 5.92 Å². The molecule has 0 saturated carbocycles. The van der Waals surface area contributed by atoms with E-state index >= 15 is 0 Å². The second-order valence-electron chi connectivity index (χ2n) is 6.09. The first-order valence-electron chi connectivity index (χ1n) is 7.90. The molecule has 1 aliphatic rings. The molecule has 1 unspecified atom stereocenters. The van der Waals surface area contributed by atoms with Crippen molar-refractivity contribution in [1.29, 1.82) is 0 Å². The van der Waals surface area contributed by atoms with Gasteiger partial charge in [-0.1, -0.05) is 18.5 Å². The minimum atomic E-state index is -0.00523. The molecule has 0 radical (unpaired) electrons. The smallest absolute Gasteiger partial charge is 0.257 e. The predicted octanol–water partition coefficient (Wildman–Crippen LogP) is 4.01. The Hall–Kier alpha value is -1.94. The summed E-state index contributed by atoms with van der Waals surface area (Å²) >= 11 is 6.41. The van der Waals surface area contributed by atoms with Gasteiger partial charge in [-0.15, -0.1) is 0 Å². The van der Waals surface area contributed by atoms with E-state index in [1.807, 2.05) is 40.1 Å². The largest absolute Gasteiger partial charge is 0.496 e. The van der Waals surface area contributed by atoms with Crippen LogP contribution in [-0.4, -0.2) is 35.6 Å². The van der Waals surface area contributed by atoms with Crippen LogP contribution in [0.2, 0.25) is 5.02 Å². The van der Waals surface area contributed by atoms with Crippen LogP contribution in [0.1, 0.15) is 30.1 Å². The third-order valence-corrected chi connectivity index (χ3v) is 4.63. The van der Waals surface area contributed by atoms with Gasteiger partial charge in [0.1, 0.15) is 5.75 Å². The van der Waals surface area contributed by atoms with Crippen molar-refractivity contribution in [3.63, 3.8) is 0 Å². The number of rotatable bonds is 3. The number of aromatic nitrogens is 1. The van der Waals surface area contributed by atoms with E-state index in [2.05, 4.69) is 6.92 Å². The van der Waals surface area contributed by atoms with Gasteiger partial charge in [-0.2, -0.15) is 0 Å². The van der Waals surface area contributed by atoms with Crippen molar-refractivity contribution in [3.8, 4) is 11.4 Å².